The second-order valence-corrected chi connectivity index (χ2v) is 5.89. The van der Waals surface area contributed by atoms with E-state index < -0.39 is 0 Å². The third-order valence-electron chi connectivity index (χ3n) is 4.04. The molecule has 1 amide bonds. The summed E-state index contributed by atoms with van der Waals surface area (Å²) in [7, 11) is 0. The molecule has 24 heavy (non-hydrogen) atoms. The van der Waals surface area contributed by atoms with Crippen molar-refractivity contribution < 1.29 is 13.9 Å². The van der Waals surface area contributed by atoms with E-state index in [2.05, 4.69) is 9.97 Å². The fraction of sp³-hybridized carbons (Fsp3) is 0.389. The summed E-state index contributed by atoms with van der Waals surface area (Å²) < 4.78 is 18.9. The summed E-state index contributed by atoms with van der Waals surface area (Å²) >= 11 is 0. The molecule has 1 unspecified atom stereocenters. The summed E-state index contributed by atoms with van der Waals surface area (Å²) in [5.74, 6) is 0.376. The van der Waals surface area contributed by atoms with Gasteiger partial charge in [0.2, 0.25) is 5.91 Å². The number of carbonyl (C=O) groups excluding carboxylic acids is 1. The average Bonchev–Trinajstić information content (AvgIpc) is 2.60. The molecule has 0 bridgehead atoms. The Balaban J connectivity index is 1.59. The van der Waals surface area contributed by atoms with Gasteiger partial charge in [-0.2, -0.15) is 0 Å². The number of carbonyl (C=O) groups is 1. The van der Waals surface area contributed by atoms with E-state index in [4.69, 9.17) is 4.74 Å². The molecular formula is C18H20FN3O2. The van der Waals surface area contributed by atoms with Crippen molar-refractivity contribution in [3.63, 3.8) is 0 Å². The SMILES string of the molecule is Cc1ccnc(C2CN(C(=O)CCc3cccc(F)c3)CCO2)n1. The minimum Gasteiger partial charge on any atom is -0.367 e. The van der Waals surface area contributed by atoms with Gasteiger partial charge in [0, 0.05) is 24.9 Å². The molecule has 1 fully saturated rings. The van der Waals surface area contributed by atoms with Crippen molar-refractivity contribution in [2.24, 2.45) is 0 Å². The Morgan fingerprint density at radius 3 is 3.08 bits per heavy atom. The summed E-state index contributed by atoms with van der Waals surface area (Å²) in [6.45, 7) is 3.37. The number of amides is 1. The smallest absolute Gasteiger partial charge is 0.223 e. The van der Waals surface area contributed by atoms with Crippen molar-refractivity contribution in [3.8, 4) is 0 Å². The molecule has 0 N–H and O–H groups in total. The van der Waals surface area contributed by atoms with Crippen LogP contribution in [-0.4, -0.2) is 40.5 Å². The number of benzene rings is 1. The van der Waals surface area contributed by atoms with Gasteiger partial charge >= 0.3 is 0 Å². The molecule has 2 heterocycles. The summed E-state index contributed by atoms with van der Waals surface area (Å²) in [5.41, 5.74) is 1.70. The number of hydrogen-bond acceptors (Lipinski definition) is 4. The number of aryl methyl sites for hydroxylation is 2. The van der Waals surface area contributed by atoms with Gasteiger partial charge in [0.1, 0.15) is 11.9 Å². The fourth-order valence-corrected chi connectivity index (χ4v) is 2.76. The van der Waals surface area contributed by atoms with E-state index in [-0.39, 0.29) is 17.8 Å². The van der Waals surface area contributed by atoms with Crippen LogP contribution < -0.4 is 0 Å². The average molecular weight is 329 g/mol. The van der Waals surface area contributed by atoms with Crippen molar-refractivity contribution in [1.29, 1.82) is 0 Å². The molecule has 3 rings (SSSR count). The molecule has 0 saturated carbocycles. The maximum atomic E-state index is 13.2. The number of rotatable bonds is 4. The molecule has 1 aliphatic rings. The first kappa shape index (κ1) is 16.5. The molecular weight excluding hydrogens is 309 g/mol. The van der Waals surface area contributed by atoms with E-state index in [0.717, 1.165) is 11.3 Å². The minimum atomic E-state index is -0.295. The summed E-state index contributed by atoms with van der Waals surface area (Å²) in [6.07, 6.45) is 2.28. The van der Waals surface area contributed by atoms with Crippen LogP contribution >= 0.6 is 0 Å². The van der Waals surface area contributed by atoms with E-state index in [9.17, 15) is 9.18 Å². The zero-order valence-electron chi connectivity index (χ0n) is 13.6. The van der Waals surface area contributed by atoms with Crippen LogP contribution in [-0.2, 0) is 16.0 Å². The zero-order chi connectivity index (χ0) is 16.9. The van der Waals surface area contributed by atoms with Crippen LogP contribution in [0.25, 0.3) is 0 Å². The van der Waals surface area contributed by atoms with Crippen LogP contribution in [0.15, 0.2) is 36.5 Å². The minimum absolute atomic E-state index is 0.0419. The molecule has 0 spiro atoms. The van der Waals surface area contributed by atoms with Gasteiger partial charge in [-0.15, -0.1) is 0 Å². The fourth-order valence-electron chi connectivity index (χ4n) is 2.76. The lowest BCUT2D eigenvalue weighted by atomic mass is 10.1. The van der Waals surface area contributed by atoms with E-state index >= 15 is 0 Å². The Bertz CT molecular complexity index is 723. The van der Waals surface area contributed by atoms with Crippen LogP contribution in [0.3, 0.4) is 0 Å². The van der Waals surface area contributed by atoms with Gasteiger partial charge in [0.25, 0.3) is 0 Å². The highest BCUT2D eigenvalue weighted by atomic mass is 19.1. The monoisotopic (exact) mass is 329 g/mol. The Hall–Kier alpha value is -2.34. The highest BCUT2D eigenvalue weighted by molar-refractivity contribution is 5.76. The van der Waals surface area contributed by atoms with E-state index in [0.29, 0.717) is 38.4 Å². The summed E-state index contributed by atoms with van der Waals surface area (Å²) in [4.78, 5) is 22.8. The Morgan fingerprint density at radius 2 is 2.29 bits per heavy atom. The van der Waals surface area contributed by atoms with Crippen LogP contribution in [0.5, 0.6) is 0 Å². The first-order valence-electron chi connectivity index (χ1n) is 8.05. The van der Waals surface area contributed by atoms with Gasteiger partial charge in [-0.25, -0.2) is 14.4 Å². The molecule has 6 heteroatoms. The lowest BCUT2D eigenvalue weighted by molar-refractivity contribution is -0.139. The lowest BCUT2D eigenvalue weighted by Gasteiger charge is -2.32. The first-order valence-corrected chi connectivity index (χ1v) is 8.05. The number of nitrogens with zero attached hydrogens (tertiary/aromatic N) is 3. The number of aromatic nitrogens is 2. The molecule has 1 aromatic heterocycles. The molecule has 126 valence electrons. The van der Waals surface area contributed by atoms with Gasteiger partial charge in [0.15, 0.2) is 5.82 Å². The third-order valence-corrected chi connectivity index (χ3v) is 4.04. The predicted molar refractivity (Wildman–Crippen MR) is 86.8 cm³/mol. The highest BCUT2D eigenvalue weighted by Crippen LogP contribution is 2.20. The Kier molecular flexibility index (Phi) is 5.15. The summed E-state index contributed by atoms with van der Waals surface area (Å²) in [5, 5.41) is 0. The number of hydrogen-bond donors (Lipinski definition) is 0. The second kappa shape index (κ2) is 7.49. The molecule has 2 aromatic rings. The van der Waals surface area contributed by atoms with Crippen molar-refractivity contribution >= 4 is 5.91 Å². The molecule has 1 aromatic carbocycles. The maximum Gasteiger partial charge on any atom is 0.223 e. The van der Waals surface area contributed by atoms with Crippen molar-refractivity contribution in [1.82, 2.24) is 14.9 Å². The van der Waals surface area contributed by atoms with Gasteiger partial charge in [-0.1, -0.05) is 12.1 Å². The second-order valence-electron chi connectivity index (χ2n) is 5.89. The van der Waals surface area contributed by atoms with Gasteiger partial charge in [-0.05, 0) is 37.1 Å². The van der Waals surface area contributed by atoms with Crippen molar-refractivity contribution in [2.45, 2.75) is 25.9 Å². The lowest BCUT2D eigenvalue weighted by Crippen LogP contribution is -2.42. The molecule has 5 nitrogen and oxygen atoms in total. The number of halogens is 1. The standard InChI is InChI=1S/C18H20FN3O2/c1-13-7-8-20-18(21-13)16-12-22(9-10-24-16)17(23)6-5-14-3-2-4-15(19)11-14/h2-4,7-8,11,16H,5-6,9-10,12H2,1H3. The largest absolute Gasteiger partial charge is 0.367 e. The number of morpholine rings is 1. The van der Waals surface area contributed by atoms with Gasteiger partial charge in [0.05, 0.1) is 13.2 Å². The van der Waals surface area contributed by atoms with Gasteiger partial charge < -0.3 is 9.64 Å². The van der Waals surface area contributed by atoms with Gasteiger partial charge in [-0.3, -0.25) is 4.79 Å². The van der Waals surface area contributed by atoms with Crippen LogP contribution in [0.4, 0.5) is 4.39 Å². The van der Waals surface area contributed by atoms with Crippen LogP contribution in [0.2, 0.25) is 0 Å². The molecule has 1 atom stereocenters. The quantitative estimate of drug-likeness (QED) is 0.865. The first-order chi connectivity index (χ1) is 11.6. The van der Waals surface area contributed by atoms with E-state index in [1.165, 1.54) is 12.1 Å². The summed E-state index contributed by atoms with van der Waals surface area (Å²) in [6, 6.07) is 8.19. The Morgan fingerprint density at radius 1 is 1.42 bits per heavy atom. The van der Waals surface area contributed by atoms with Crippen molar-refractivity contribution in [2.75, 3.05) is 19.7 Å². The van der Waals surface area contributed by atoms with Crippen LogP contribution in [0, 0.1) is 12.7 Å². The Labute approximate surface area is 140 Å². The number of ether oxygens (including phenoxy) is 1. The topological polar surface area (TPSA) is 55.3 Å². The third kappa shape index (κ3) is 4.14. The maximum absolute atomic E-state index is 13.2. The molecule has 0 aliphatic carbocycles. The zero-order valence-corrected chi connectivity index (χ0v) is 13.6. The normalized spacial score (nSPS) is 17.8. The molecule has 1 saturated heterocycles. The molecule has 1 aliphatic heterocycles. The highest BCUT2D eigenvalue weighted by Gasteiger charge is 2.26. The molecule has 0 radical (unpaired) electrons. The van der Waals surface area contributed by atoms with Crippen LogP contribution in [0.1, 0.15) is 29.6 Å². The predicted octanol–water partition coefficient (Wildman–Crippen LogP) is 2.46. The van der Waals surface area contributed by atoms with Crippen molar-refractivity contribution in [3.05, 3.63) is 59.4 Å². The van der Waals surface area contributed by atoms with E-state index in [1.807, 2.05) is 19.1 Å². The van der Waals surface area contributed by atoms with E-state index in [1.54, 1.807) is 17.2 Å².